The van der Waals surface area contributed by atoms with Crippen molar-refractivity contribution in [2.24, 2.45) is 11.3 Å². The number of nitrogens with one attached hydrogen (secondary N) is 1. The van der Waals surface area contributed by atoms with Crippen LogP contribution in [0.4, 0.5) is 13.2 Å². The van der Waals surface area contributed by atoms with E-state index in [0.717, 1.165) is 42.8 Å². The minimum atomic E-state index is -4.42. The van der Waals surface area contributed by atoms with Crippen LogP contribution in [0.25, 0.3) is 0 Å². The molecule has 0 radical (unpaired) electrons. The number of piperidine rings is 1. The molecule has 1 saturated carbocycles. The van der Waals surface area contributed by atoms with Crippen molar-refractivity contribution in [2.75, 3.05) is 13.1 Å². The van der Waals surface area contributed by atoms with Crippen molar-refractivity contribution in [1.82, 2.24) is 15.2 Å². The molecule has 2 aliphatic rings. The van der Waals surface area contributed by atoms with Crippen LogP contribution in [0.15, 0.2) is 42.5 Å². The molecule has 1 atom stereocenters. The van der Waals surface area contributed by atoms with Crippen LogP contribution in [-0.2, 0) is 17.5 Å². The summed E-state index contributed by atoms with van der Waals surface area (Å²) in [6, 6.07) is 10.0. The normalized spacial score (nSPS) is 19.9. The Kier molecular flexibility index (Phi) is 5.49. The third-order valence-corrected chi connectivity index (χ3v) is 6.40. The highest BCUT2D eigenvalue weighted by molar-refractivity contribution is 5.94. The Balaban J connectivity index is 1.28. The molecule has 1 N–H and O–H groups in total. The van der Waals surface area contributed by atoms with Gasteiger partial charge in [-0.1, -0.05) is 6.07 Å². The minimum Gasteiger partial charge on any atom is -0.350 e. The van der Waals surface area contributed by atoms with E-state index in [1.165, 1.54) is 12.1 Å². The Labute approximate surface area is 178 Å². The highest BCUT2D eigenvalue weighted by atomic mass is 19.4. The predicted octanol–water partition coefficient (Wildman–Crippen LogP) is 3.97. The molecule has 2 aromatic rings. The maximum absolute atomic E-state index is 12.7. The quantitative estimate of drug-likeness (QED) is 0.797. The number of amides is 2. The lowest BCUT2D eigenvalue weighted by Crippen LogP contribution is -2.40. The maximum Gasteiger partial charge on any atom is 0.416 e. The average Bonchev–Trinajstić information content (AvgIpc) is 3.45. The number of likely N-dealkylation sites (tertiary alicyclic amines) is 1. The second-order valence-corrected chi connectivity index (χ2v) is 8.47. The molecule has 1 aliphatic heterocycles. The van der Waals surface area contributed by atoms with Gasteiger partial charge in [-0.2, -0.15) is 13.2 Å². The van der Waals surface area contributed by atoms with Gasteiger partial charge in [0.25, 0.3) is 5.91 Å². The van der Waals surface area contributed by atoms with Gasteiger partial charge in [0, 0.05) is 30.3 Å². The first-order chi connectivity index (χ1) is 14.7. The molecule has 1 aromatic carbocycles. The molecule has 4 rings (SSSR count). The van der Waals surface area contributed by atoms with Gasteiger partial charge in [-0.05, 0) is 68.0 Å². The molecular weight excluding hydrogens is 407 g/mol. The van der Waals surface area contributed by atoms with E-state index >= 15 is 0 Å². The van der Waals surface area contributed by atoms with E-state index in [2.05, 4.69) is 10.3 Å². The summed E-state index contributed by atoms with van der Waals surface area (Å²) in [5.41, 5.74) is 1.13. The molecule has 2 heterocycles. The van der Waals surface area contributed by atoms with Gasteiger partial charge < -0.3 is 10.2 Å². The number of aryl methyl sites for hydroxylation is 1. The molecule has 2 fully saturated rings. The molecular formula is C23H24F3N3O2. The Hall–Kier alpha value is -2.90. The smallest absolute Gasteiger partial charge is 0.350 e. The third-order valence-electron chi connectivity index (χ3n) is 6.40. The fourth-order valence-electron chi connectivity index (χ4n) is 4.41. The van der Waals surface area contributed by atoms with Crippen molar-refractivity contribution in [3.63, 3.8) is 0 Å². The van der Waals surface area contributed by atoms with Crippen molar-refractivity contribution >= 4 is 11.8 Å². The molecule has 1 spiro atoms. The second kappa shape index (κ2) is 7.98. The van der Waals surface area contributed by atoms with Gasteiger partial charge in [0.1, 0.15) is 0 Å². The molecule has 1 saturated heterocycles. The summed E-state index contributed by atoms with van der Waals surface area (Å²) in [7, 11) is 0. The van der Waals surface area contributed by atoms with E-state index < -0.39 is 11.7 Å². The van der Waals surface area contributed by atoms with Gasteiger partial charge in [-0.3, -0.25) is 14.6 Å². The molecule has 1 aliphatic carbocycles. The number of rotatable bonds is 4. The van der Waals surface area contributed by atoms with Crippen molar-refractivity contribution in [1.29, 1.82) is 0 Å². The summed E-state index contributed by atoms with van der Waals surface area (Å²) < 4.78 is 38.1. The van der Waals surface area contributed by atoms with Gasteiger partial charge in [-0.15, -0.1) is 0 Å². The Morgan fingerprint density at radius 1 is 1.13 bits per heavy atom. The molecule has 31 heavy (non-hydrogen) atoms. The van der Waals surface area contributed by atoms with Crippen molar-refractivity contribution < 1.29 is 22.8 Å². The number of carbonyl (C=O) groups excluding carboxylic acids is 2. The first-order valence-electron chi connectivity index (χ1n) is 10.3. The van der Waals surface area contributed by atoms with Crippen LogP contribution in [0.2, 0.25) is 0 Å². The summed E-state index contributed by atoms with van der Waals surface area (Å²) in [6.45, 7) is 3.30. The van der Waals surface area contributed by atoms with Gasteiger partial charge in [0.2, 0.25) is 5.91 Å². The highest BCUT2D eigenvalue weighted by Crippen LogP contribution is 2.59. The van der Waals surface area contributed by atoms with Gasteiger partial charge in [0.05, 0.1) is 17.8 Å². The van der Waals surface area contributed by atoms with Crippen LogP contribution >= 0.6 is 0 Å². The van der Waals surface area contributed by atoms with Crippen LogP contribution in [0.3, 0.4) is 0 Å². The standard InChI is InChI=1S/C23H24F3N3O2/c1-15-3-2-4-18(28-15)14-27-20(30)19-13-22(19)9-11-29(12-10-22)21(31)16-5-7-17(8-6-16)23(24,25)26/h2-8,19H,9-14H2,1H3,(H,27,30). The van der Waals surface area contributed by atoms with Crippen molar-refractivity contribution in [3.05, 3.63) is 65.0 Å². The number of halogens is 3. The van der Waals surface area contributed by atoms with Crippen LogP contribution in [-0.4, -0.2) is 34.8 Å². The Morgan fingerprint density at radius 2 is 1.81 bits per heavy atom. The Bertz CT molecular complexity index is 980. The summed E-state index contributed by atoms with van der Waals surface area (Å²) in [5, 5.41) is 2.96. The maximum atomic E-state index is 12.7. The van der Waals surface area contributed by atoms with Gasteiger partial charge in [0.15, 0.2) is 0 Å². The topological polar surface area (TPSA) is 62.3 Å². The zero-order valence-corrected chi connectivity index (χ0v) is 17.2. The lowest BCUT2D eigenvalue weighted by atomic mass is 9.90. The minimum absolute atomic E-state index is 0.0193. The summed E-state index contributed by atoms with van der Waals surface area (Å²) >= 11 is 0. The first kappa shape index (κ1) is 21.3. The van der Waals surface area contributed by atoms with Crippen molar-refractivity contribution in [2.45, 2.75) is 38.9 Å². The van der Waals surface area contributed by atoms with E-state index in [1.54, 1.807) is 4.90 Å². The number of hydrogen-bond donors (Lipinski definition) is 1. The lowest BCUT2D eigenvalue weighted by Gasteiger charge is -2.33. The highest BCUT2D eigenvalue weighted by Gasteiger charge is 2.58. The largest absolute Gasteiger partial charge is 0.416 e. The molecule has 8 heteroatoms. The van der Waals surface area contributed by atoms with Gasteiger partial charge in [-0.25, -0.2) is 0 Å². The number of carbonyl (C=O) groups is 2. The SMILES string of the molecule is Cc1cccc(CNC(=O)C2CC23CCN(C(=O)c2ccc(C(F)(F)F)cc2)CC3)n1. The van der Waals surface area contributed by atoms with Gasteiger partial charge >= 0.3 is 6.18 Å². The molecule has 1 aromatic heterocycles. The summed E-state index contributed by atoms with van der Waals surface area (Å²) in [5.74, 6) is -0.304. The number of aromatic nitrogens is 1. The molecule has 2 amide bonds. The van der Waals surface area contributed by atoms with Crippen LogP contribution in [0.5, 0.6) is 0 Å². The number of nitrogens with zero attached hydrogens (tertiary/aromatic N) is 2. The predicted molar refractivity (Wildman–Crippen MR) is 108 cm³/mol. The Morgan fingerprint density at radius 3 is 2.42 bits per heavy atom. The third kappa shape index (κ3) is 4.57. The molecule has 5 nitrogen and oxygen atoms in total. The first-order valence-corrected chi connectivity index (χ1v) is 10.3. The fourth-order valence-corrected chi connectivity index (χ4v) is 4.41. The molecule has 0 bridgehead atoms. The monoisotopic (exact) mass is 431 g/mol. The summed E-state index contributed by atoms with van der Waals surface area (Å²) in [6.07, 6.45) is -2.17. The van der Waals surface area contributed by atoms with Crippen molar-refractivity contribution in [3.8, 4) is 0 Å². The number of pyridine rings is 1. The fraction of sp³-hybridized carbons (Fsp3) is 0.435. The zero-order valence-electron chi connectivity index (χ0n) is 17.2. The number of benzene rings is 1. The number of hydrogen-bond acceptors (Lipinski definition) is 3. The van der Waals surface area contributed by atoms with Crippen LogP contribution < -0.4 is 5.32 Å². The molecule has 164 valence electrons. The van der Waals surface area contributed by atoms with Crippen LogP contribution in [0, 0.1) is 18.3 Å². The van der Waals surface area contributed by atoms with E-state index in [4.69, 9.17) is 0 Å². The molecule has 1 unspecified atom stereocenters. The van der Waals surface area contributed by atoms with E-state index in [0.29, 0.717) is 19.6 Å². The second-order valence-electron chi connectivity index (χ2n) is 8.47. The number of alkyl halides is 3. The average molecular weight is 431 g/mol. The lowest BCUT2D eigenvalue weighted by molar-refractivity contribution is -0.137. The zero-order chi connectivity index (χ0) is 22.2. The van der Waals surface area contributed by atoms with E-state index in [1.807, 2.05) is 25.1 Å². The summed E-state index contributed by atoms with van der Waals surface area (Å²) in [4.78, 5) is 31.3. The van der Waals surface area contributed by atoms with Crippen LogP contribution in [0.1, 0.15) is 46.6 Å². The van der Waals surface area contributed by atoms with E-state index in [-0.39, 0.29) is 28.7 Å². The van der Waals surface area contributed by atoms with E-state index in [9.17, 15) is 22.8 Å².